The van der Waals surface area contributed by atoms with E-state index >= 15 is 0 Å². The highest BCUT2D eigenvalue weighted by Gasteiger charge is 2.27. The zero-order valence-electron chi connectivity index (χ0n) is 11.8. The van der Waals surface area contributed by atoms with E-state index in [-0.39, 0.29) is 5.91 Å². The lowest BCUT2D eigenvalue weighted by atomic mass is 10.0. The van der Waals surface area contributed by atoms with Crippen LogP contribution in [0.5, 0.6) is 0 Å². The largest absolute Gasteiger partial charge is 0.341 e. The number of carbonyl (C=O) groups is 1. The van der Waals surface area contributed by atoms with E-state index in [4.69, 9.17) is 5.73 Å². The highest BCUT2D eigenvalue weighted by atomic mass is 16.2. The number of aromatic nitrogens is 3. The molecule has 1 aliphatic rings. The summed E-state index contributed by atoms with van der Waals surface area (Å²) >= 11 is 0. The Morgan fingerprint density at radius 1 is 1.24 bits per heavy atom. The van der Waals surface area contributed by atoms with Gasteiger partial charge >= 0.3 is 0 Å². The Balaban J connectivity index is 1.60. The molecule has 0 radical (unpaired) electrons. The summed E-state index contributed by atoms with van der Waals surface area (Å²) in [7, 11) is 0. The van der Waals surface area contributed by atoms with Crippen LogP contribution in [-0.2, 0) is 4.79 Å². The van der Waals surface area contributed by atoms with Crippen LogP contribution < -0.4 is 5.73 Å². The predicted molar refractivity (Wildman–Crippen MR) is 78.2 cm³/mol. The molecule has 1 atom stereocenters. The molecule has 21 heavy (non-hydrogen) atoms. The first kappa shape index (κ1) is 13.8. The molecule has 110 valence electrons. The van der Waals surface area contributed by atoms with Gasteiger partial charge in [0.05, 0.1) is 6.04 Å². The maximum absolute atomic E-state index is 12.5. The maximum Gasteiger partial charge on any atom is 0.244 e. The smallest absolute Gasteiger partial charge is 0.244 e. The van der Waals surface area contributed by atoms with Gasteiger partial charge in [-0.1, -0.05) is 30.3 Å². The molecule has 2 heterocycles. The van der Waals surface area contributed by atoms with Crippen LogP contribution in [-0.4, -0.2) is 38.7 Å². The number of hydrogen-bond donors (Lipinski definition) is 1. The fourth-order valence-corrected chi connectivity index (χ4v) is 2.76. The summed E-state index contributed by atoms with van der Waals surface area (Å²) in [5, 5.41) is 4.17. The Morgan fingerprint density at radius 3 is 2.57 bits per heavy atom. The average molecular weight is 285 g/mol. The quantitative estimate of drug-likeness (QED) is 0.917. The highest BCUT2D eigenvalue weighted by Crippen LogP contribution is 2.23. The zero-order valence-corrected chi connectivity index (χ0v) is 11.8. The molecule has 2 N–H and O–H groups in total. The number of amides is 1. The van der Waals surface area contributed by atoms with Gasteiger partial charge in [0.25, 0.3) is 0 Å². The van der Waals surface area contributed by atoms with Crippen LogP contribution in [0.4, 0.5) is 0 Å². The summed E-state index contributed by atoms with van der Waals surface area (Å²) in [6.07, 6.45) is 5.05. The zero-order chi connectivity index (χ0) is 14.7. The topological polar surface area (TPSA) is 77.0 Å². The minimum Gasteiger partial charge on any atom is -0.341 e. The van der Waals surface area contributed by atoms with E-state index in [0.717, 1.165) is 18.4 Å². The van der Waals surface area contributed by atoms with E-state index in [1.54, 1.807) is 12.7 Å². The molecule has 1 aromatic carbocycles. The van der Waals surface area contributed by atoms with Crippen molar-refractivity contribution in [1.82, 2.24) is 19.7 Å². The summed E-state index contributed by atoms with van der Waals surface area (Å²) in [6.45, 7) is 1.42. The van der Waals surface area contributed by atoms with Crippen LogP contribution in [0, 0.1) is 0 Å². The predicted octanol–water partition coefficient (Wildman–Crippen LogP) is 1.14. The van der Waals surface area contributed by atoms with Crippen molar-refractivity contribution in [2.45, 2.75) is 24.9 Å². The normalized spacial score (nSPS) is 17.7. The van der Waals surface area contributed by atoms with Gasteiger partial charge in [-0.15, -0.1) is 0 Å². The Labute approximate surface area is 123 Å². The second kappa shape index (κ2) is 6.05. The van der Waals surface area contributed by atoms with Gasteiger partial charge in [0.15, 0.2) is 0 Å². The molecular formula is C15H19N5O. The van der Waals surface area contributed by atoms with Crippen molar-refractivity contribution >= 4 is 5.91 Å². The van der Waals surface area contributed by atoms with E-state index < -0.39 is 6.04 Å². The number of rotatable bonds is 3. The van der Waals surface area contributed by atoms with Crippen molar-refractivity contribution in [3.8, 4) is 0 Å². The van der Waals surface area contributed by atoms with Crippen molar-refractivity contribution < 1.29 is 4.79 Å². The first-order valence-corrected chi connectivity index (χ1v) is 7.19. The van der Waals surface area contributed by atoms with Crippen LogP contribution in [0.2, 0.25) is 0 Å². The summed E-state index contributed by atoms with van der Waals surface area (Å²) < 4.78 is 1.87. The van der Waals surface area contributed by atoms with Crippen molar-refractivity contribution in [3.63, 3.8) is 0 Å². The van der Waals surface area contributed by atoms with E-state index in [0.29, 0.717) is 19.1 Å². The first-order chi connectivity index (χ1) is 10.3. The molecule has 1 fully saturated rings. The second-order valence-electron chi connectivity index (χ2n) is 5.32. The van der Waals surface area contributed by atoms with Crippen molar-refractivity contribution in [3.05, 3.63) is 48.5 Å². The molecule has 3 rings (SSSR count). The van der Waals surface area contributed by atoms with Crippen molar-refractivity contribution in [2.24, 2.45) is 5.73 Å². The fraction of sp³-hybridized carbons (Fsp3) is 0.400. The minimum absolute atomic E-state index is 0.00163. The summed E-state index contributed by atoms with van der Waals surface area (Å²) in [5.41, 5.74) is 6.94. The number of nitrogens with two attached hydrogens (primary N) is 1. The molecule has 0 aliphatic carbocycles. The number of piperidine rings is 1. The lowest BCUT2D eigenvalue weighted by Gasteiger charge is -2.33. The number of carbonyl (C=O) groups excluding carboxylic acids is 1. The van der Waals surface area contributed by atoms with Crippen LogP contribution in [0.1, 0.15) is 30.5 Å². The van der Waals surface area contributed by atoms with E-state index in [2.05, 4.69) is 10.1 Å². The van der Waals surface area contributed by atoms with Gasteiger partial charge in [0, 0.05) is 13.1 Å². The summed E-state index contributed by atoms with van der Waals surface area (Å²) in [5.74, 6) is -0.00163. The number of benzene rings is 1. The number of nitrogens with zero attached hydrogens (tertiary/aromatic N) is 4. The van der Waals surface area contributed by atoms with Crippen LogP contribution in [0.25, 0.3) is 0 Å². The summed E-state index contributed by atoms with van der Waals surface area (Å²) in [4.78, 5) is 18.3. The Hall–Kier alpha value is -2.21. The number of hydrogen-bond acceptors (Lipinski definition) is 4. The number of likely N-dealkylation sites (tertiary alicyclic amines) is 1. The first-order valence-electron chi connectivity index (χ1n) is 7.19. The van der Waals surface area contributed by atoms with E-state index in [1.807, 2.05) is 39.9 Å². The third-order valence-corrected chi connectivity index (χ3v) is 4.01. The van der Waals surface area contributed by atoms with Gasteiger partial charge in [0.1, 0.15) is 18.7 Å². The maximum atomic E-state index is 12.5. The van der Waals surface area contributed by atoms with Crippen LogP contribution in [0.3, 0.4) is 0 Å². The van der Waals surface area contributed by atoms with Gasteiger partial charge in [0.2, 0.25) is 5.91 Å². The molecule has 0 bridgehead atoms. The van der Waals surface area contributed by atoms with Crippen molar-refractivity contribution in [2.75, 3.05) is 13.1 Å². The molecule has 1 aromatic heterocycles. The molecule has 1 saturated heterocycles. The van der Waals surface area contributed by atoms with Gasteiger partial charge in [-0.2, -0.15) is 5.10 Å². The summed E-state index contributed by atoms with van der Waals surface area (Å²) in [6, 6.07) is 9.26. The fourth-order valence-electron chi connectivity index (χ4n) is 2.76. The van der Waals surface area contributed by atoms with Gasteiger partial charge in [-0.05, 0) is 18.4 Å². The van der Waals surface area contributed by atoms with Crippen molar-refractivity contribution in [1.29, 1.82) is 0 Å². The molecule has 0 spiro atoms. The molecular weight excluding hydrogens is 266 g/mol. The minimum atomic E-state index is -0.575. The molecule has 1 aliphatic heterocycles. The SMILES string of the molecule is NC(C(=O)N1CCC(n2cncn2)CC1)c1ccccc1. The third kappa shape index (κ3) is 2.95. The lowest BCUT2D eigenvalue weighted by Crippen LogP contribution is -2.43. The molecule has 6 nitrogen and oxygen atoms in total. The molecule has 6 heteroatoms. The van der Waals surface area contributed by atoms with Gasteiger partial charge < -0.3 is 10.6 Å². The molecule has 0 saturated carbocycles. The molecule has 1 amide bonds. The Kier molecular flexibility index (Phi) is 3.96. The average Bonchev–Trinajstić information content (AvgIpc) is 3.09. The monoisotopic (exact) mass is 285 g/mol. The van der Waals surface area contributed by atoms with E-state index in [9.17, 15) is 4.79 Å². The van der Waals surface area contributed by atoms with Gasteiger partial charge in [-0.25, -0.2) is 9.67 Å². The van der Waals surface area contributed by atoms with Crippen LogP contribution in [0.15, 0.2) is 43.0 Å². The lowest BCUT2D eigenvalue weighted by molar-refractivity contribution is -0.134. The highest BCUT2D eigenvalue weighted by molar-refractivity contribution is 5.83. The Bertz CT molecular complexity index is 575. The molecule has 1 unspecified atom stereocenters. The third-order valence-electron chi connectivity index (χ3n) is 4.01. The van der Waals surface area contributed by atoms with Gasteiger partial charge in [-0.3, -0.25) is 4.79 Å². The standard InChI is InChI=1S/C15H19N5O/c16-14(12-4-2-1-3-5-12)15(21)19-8-6-13(7-9-19)20-11-17-10-18-20/h1-5,10-11,13-14H,6-9,16H2. The molecule has 2 aromatic rings. The second-order valence-corrected chi connectivity index (χ2v) is 5.32. The van der Waals surface area contributed by atoms with Crippen LogP contribution >= 0.6 is 0 Å². The van der Waals surface area contributed by atoms with E-state index in [1.165, 1.54) is 0 Å². The Morgan fingerprint density at radius 2 is 1.95 bits per heavy atom.